The SMILES string of the molecule is C=C1CN(C)C[C@@]1(C)C(=O)O.C=C1CN(C)C[C@@]1(C)CC(=O)OC(C)(C)C. The maximum atomic E-state index is 11.8. The van der Waals surface area contributed by atoms with E-state index in [9.17, 15) is 9.59 Å². The number of rotatable bonds is 3. The standard InChI is InChI=1S/C13H23NO2.C8H13NO2/c1-10-8-14(6)9-13(10,5)7-11(15)16-12(2,3)4;1-6-4-9(3)5-8(6,2)7(10)11/h1,7-9H2,2-6H3;1,4-5H2,2-3H3,(H,10,11)/t13-;8-/m11/s1. The predicted molar refractivity (Wildman–Crippen MR) is 108 cm³/mol. The van der Waals surface area contributed by atoms with Crippen LogP contribution in [0.4, 0.5) is 0 Å². The van der Waals surface area contributed by atoms with Gasteiger partial charge in [0.2, 0.25) is 0 Å². The van der Waals surface area contributed by atoms with Crippen molar-refractivity contribution >= 4 is 11.9 Å². The molecule has 1 N–H and O–H groups in total. The summed E-state index contributed by atoms with van der Waals surface area (Å²) in [5.41, 5.74) is 0.666. The number of hydrogen-bond donors (Lipinski definition) is 1. The van der Waals surface area contributed by atoms with Crippen molar-refractivity contribution < 1.29 is 19.4 Å². The monoisotopic (exact) mass is 380 g/mol. The first-order chi connectivity index (χ1) is 12.1. The van der Waals surface area contributed by atoms with Crippen LogP contribution in [0.15, 0.2) is 24.3 Å². The zero-order valence-electron chi connectivity index (χ0n) is 18.0. The number of ether oxygens (including phenoxy) is 1. The normalized spacial score (nSPS) is 29.4. The van der Waals surface area contributed by atoms with Crippen LogP contribution in [0.1, 0.15) is 41.0 Å². The third-order valence-electron chi connectivity index (χ3n) is 5.19. The molecule has 2 saturated heterocycles. The van der Waals surface area contributed by atoms with E-state index >= 15 is 0 Å². The Morgan fingerprint density at radius 1 is 1.07 bits per heavy atom. The second-order valence-electron chi connectivity index (χ2n) is 9.51. The van der Waals surface area contributed by atoms with Crippen LogP contribution in [0.25, 0.3) is 0 Å². The number of aliphatic carboxylic acids is 1. The molecule has 0 unspecified atom stereocenters. The fourth-order valence-corrected chi connectivity index (χ4v) is 3.58. The fraction of sp³-hybridized carbons (Fsp3) is 0.714. The summed E-state index contributed by atoms with van der Waals surface area (Å²) in [6.07, 6.45) is 0.424. The first-order valence-electron chi connectivity index (χ1n) is 9.28. The lowest BCUT2D eigenvalue weighted by molar-refractivity contribution is -0.156. The minimum Gasteiger partial charge on any atom is -0.481 e. The van der Waals surface area contributed by atoms with Gasteiger partial charge in [-0.1, -0.05) is 25.7 Å². The smallest absolute Gasteiger partial charge is 0.314 e. The molecule has 2 atom stereocenters. The van der Waals surface area contributed by atoms with Crippen LogP contribution in [-0.4, -0.2) is 72.7 Å². The number of carboxylic acid groups (broad SMARTS) is 1. The summed E-state index contributed by atoms with van der Waals surface area (Å²) in [6.45, 7) is 20.3. The number of nitrogens with zero attached hydrogens (tertiary/aromatic N) is 2. The van der Waals surface area contributed by atoms with Gasteiger partial charge in [0.15, 0.2) is 0 Å². The van der Waals surface area contributed by atoms with E-state index in [0.29, 0.717) is 19.5 Å². The van der Waals surface area contributed by atoms with Crippen LogP contribution in [0.5, 0.6) is 0 Å². The predicted octanol–water partition coefficient (Wildman–Crippen LogP) is 2.81. The number of carbonyl (C=O) groups excluding carboxylic acids is 1. The molecule has 2 rings (SSSR count). The lowest BCUT2D eigenvalue weighted by Crippen LogP contribution is -2.31. The van der Waals surface area contributed by atoms with Gasteiger partial charge >= 0.3 is 11.9 Å². The number of carboxylic acids is 1. The first-order valence-corrected chi connectivity index (χ1v) is 9.28. The van der Waals surface area contributed by atoms with E-state index in [-0.39, 0.29) is 11.4 Å². The van der Waals surface area contributed by atoms with Crippen molar-refractivity contribution in [3.05, 3.63) is 24.3 Å². The molecule has 0 bridgehead atoms. The van der Waals surface area contributed by atoms with Crippen LogP contribution in [0, 0.1) is 10.8 Å². The lowest BCUT2D eigenvalue weighted by atomic mass is 9.82. The summed E-state index contributed by atoms with van der Waals surface area (Å²) in [4.78, 5) is 26.7. The average molecular weight is 381 g/mol. The number of carbonyl (C=O) groups is 2. The van der Waals surface area contributed by atoms with Crippen molar-refractivity contribution in [2.24, 2.45) is 10.8 Å². The lowest BCUT2D eigenvalue weighted by Gasteiger charge is -2.27. The Morgan fingerprint density at radius 2 is 1.56 bits per heavy atom. The van der Waals surface area contributed by atoms with Crippen molar-refractivity contribution in [2.45, 2.75) is 46.6 Å². The van der Waals surface area contributed by atoms with E-state index < -0.39 is 17.0 Å². The molecule has 0 aromatic heterocycles. The Hall–Kier alpha value is -1.66. The summed E-state index contributed by atoms with van der Waals surface area (Å²) < 4.78 is 5.35. The molecule has 0 spiro atoms. The van der Waals surface area contributed by atoms with Crippen LogP contribution in [0.2, 0.25) is 0 Å². The van der Waals surface area contributed by atoms with Crippen molar-refractivity contribution in [1.29, 1.82) is 0 Å². The Balaban J connectivity index is 0.000000289. The Kier molecular flexibility index (Phi) is 7.06. The van der Waals surface area contributed by atoms with Gasteiger partial charge in [0, 0.05) is 31.6 Å². The van der Waals surface area contributed by atoms with Crippen molar-refractivity contribution in [2.75, 3.05) is 40.3 Å². The van der Waals surface area contributed by atoms with Crippen LogP contribution in [0.3, 0.4) is 0 Å². The van der Waals surface area contributed by atoms with Crippen LogP contribution < -0.4 is 0 Å². The summed E-state index contributed by atoms with van der Waals surface area (Å²) >= 11 is 0. The van der Waals surface area contributed by atoms with Gasteiger partial charge in [-0.25, -0.2) is 0 Å². The first kappa shape index (κ1) is 23.4. The van der Waals surface area contributed by atoms with Gasteiger partial charge in [-0.15, -0.1) is 0 Å². The maximum absolute atomic E-state index is 11.8. The molecular formula is C21H36N2O4. The largest absolute Gasteiger partial charge is 0.481 e. The van der Waals surface area contributed by atoms with Crippen molar-refractivity contribution in [1.82, 2.24) is 9.80 Å². The van der Waals surface area contributed by atoms with Gasteiger partial charge in [0.25, 0.3) is 0 Å². The Labute approximate surface area is 163 Å². The topological polar surface area (TPSA) is 70.1 Å². The number of likely N-dealkylation sites (tertiary alicyclic amines) is 2. The van der Waals surface area contributed by atoms with Gasteiger partial charge in [0.1, 0.15) is 5.60 Å². The third kappa shape index (κ3) is 6.18. The Morgan fingerprint density at radius 3 is 1.85 bits per heavy atom. The van der Waals surface area contributed by atoms with Crippen molar-refractivity contribution in [3.63, 3.8) is 0 Å². The summed E-state index contributed by atoms with van der Waals surface area (Å²) in [5, 5.41) is 8.87. The minimum absolute atomic E-state index is 0.128. The second-order valence-corrected chi connectivity index (χ2v) is 9.51. The molecule has 154 valence electrons. The molecular weight excluding hydrogens is 344 g/mol. The van der Waals surface area contributed by atoms with Gasteiger partial charge in [0.05, 0.1) is 11.8 Å². The van der Waals surface area contributed by atoms with Crippen LogP contribution >= 0.6 is 0 Å². The molecule has 2 aliphatic rings. The molecule has 6 nitrogen and oxygen atoms in total. The molecule has 27 heavy (non-hydrogen) atoms. The molecule has 0 amide bonds. The molecule has 0 saturated carbocycles. The molecule has 0 radical (unpaired) electrons. The Bertz CT molecular complexity index is 622. The van der Waals surface area contributed by atoms with E-state index in [4.69, 9.17) is 9.84 Å². The highest BCUT2D eigenvalue weighted by Gasteiger charge is 2.42. The van der Waals surface area contributed by atoms with E-state index in [0.717, 1.165) is 24.2 Å². The quantitative estimate of drug-likeness (QED) is 0.600. The molecule has 2 aliphatic heterocycles. The van der Waals surface area contributed by atoms with E-state index in [2.05, 4.69) is 25.0 Å². The highest BCUT2D eigenvalue weighted by molar-refractivity contribution is 5.79. The van der Waals surface area contributed by atoms with Gasteiger partial charge in [-0.3, -0.25) is 9.59 Å². The van der Waals surface area contributed by atoms with E-state index in [1.165, 1.54) is 0 Å². The number of esters is 1. The van der Waals surface area contributed by atoms with Gasteiger partial charge in [-0.05, 0) is 47.4 Å². The number of hydrogen-bond acceptors (Lipinski definition) is 5. The summed E-state index contributed by atoms with van der Waals surface area (Å²) in [5.74, 6) is -0.904. The van der Waals surface area contributed by atoms with Gasteiger partial charge in [-0.2, -0.15) is 0 Å². The zero-order valence-corrected chi connectivity index (χ0v) is 18.0. The third-order valence-corrected chi connectivity index (χ3v) is 5.19. The van der Waals surface area contributed by atoms with Gasteiger partial charge < -0.3 is 19.6 Å². The minimum atomic E-state index is -0.771. The highest BCUT2D eigenvalue weighted by Crippen LogP contribution is 2.37. The highest BCUT2D eigenvalue weighted by atomic mass is 16.6. The molecule has 2 fully saturated rings. The summed E-state index contributed by atoms with van der Waals surface area (Å²) in [7, 11) is 3.95. The summed E-state index contributed by atoms with van der Waals surface area (Å²) in [6, 6.07) is 0. The number of likely N-dealkylation sites (N-methyl/N-ethyl adjacent to an activating group) is 2. The maximum Gasteiger partial charge on any atom is 0.314 e. The molecule has 0 aliphatic carbocycles. The van der Waals surface area contributed by atoms with Crippen LogP contribution in [-0.2, 0) is 14.3 Å². The molecule has 2 heterocycles. The van der Waals surface area contributed by atoms with Crippen molar-refractivity contribution in [3.8, 4) is 0 Å². The van der Waals surface area contributed by atoms with E-state index in [1.54, 1.807) is 6.92 Å². The second kappa shape index (κ2) is 8.15. The molecule has 6 heteroatoms. The zero-order chi connectivity index (χ0) is 21.2. The molecule has 0 aromatic rings. The van der Waals surface area contributed by atoms with E-state index in [1.807, 2.05) is 39.8 Å². The average Bonchev–Trinajstić information content (AvgIpc) is 2.84. The molecule has 0 aromatic carbocycles. The fourth-order valence-electron chi connectivity index (χ4n) is 3.58.